The van der Waals surface area contributed by atoms with E-state index < -0.39 is 21.6 Å². The van der Waals surface area contributed by atoms with Crippen LogP contribution in [0.1, 0.15) is 27.3 Å². The van der Waals surface area contributed by atoms with Gasteiger partial charge < -0.3 is 9.63 Å². The number of rotatable bonds is 4. The van der Waals surface area contributed by atoms with Crippen molar-refractivity contribution in [2.75, 3.05) is 0 Å². The molecule has 0 saturated carbocycles. The smallest absolute Gasteiger partial charge is 0.335 e. The Labute approximate surface area is 115 Å². The molecule has 0 aliphatic rings. The first kappa shape index (κ1) is 14.2. The highest BCUT2D eigenvalue weighted by atomic mass is 32.2. The molecule has 1 aromatic heterocycles. The molecule has 0 radical (unpaired) electrons. The topological polar surface area (TPSA) is 110 Å². The van der Waals surface area contributed by atoms with Crippen molar-refractivity contribution in [2.45, 2.75) is 24.5 Å². The molecule has 1 aromatic carbocycles. The lowest BCUT2D eigenvalue weighted by molar-refractivity contribution is 0.0696. The number of hydrogen-bond acceptors (Lipinski definition) is 6. The molecule has 0 aliphatic carbocycles. The maximum Gasteiger partial charge on any atom is 0.335 e. The summed E-state index contributed by atoms with van der Waals surface area (Å²) in [4.78, 5) is 14.7. The maximum atomic E-state index is 12.3. The van der Waals surface area contributed by atoms with Crippen LogP contribution in [0.15, 0.2) is 27.9 Å². The van der Waals surface area contributed by atoms with E-state index in [1.54, 1.807) is 13.8 Å². The summed E-state index contributed by atoms with van der Waals surface area (Å²) in [5.74, 6) is -1.58. The Hall–Kier alpha value is -2.22. The van der Waals surface area contributed by atoms with Crippen molar-refractivity contribution in [2.24, 2.45) is 0 Å². The van der Waals surface area contributed by atoms with E-state index in [-0.39, 0.29) is 16.3 Å². The van der Waals surface area contributed by atoms with Gasteiger partial charge in [0.25, 0.3) is 0 Å². The summed E-state index contributed by atoms with van der Waals surface area (Å²) in [5.41, 5.74) is 0.951. The minimum absolute atomic E-state index is 0.0295. The van der Waals surface area contributed by atoms with E-state index in [4.69, 9.17) is 5.11 Å². The van der Waals surface area contributed by atoms with Gasteiger partial charge in [0, 0.05) is 0 Å². The third kappa shape index (κ3) is 2.69. The highest BCUT2D eigenvalue weighted by Crippen LogP contribution is 2.23. The van der Waals surface area contributed by atoms with Gasteiger partial charge in [0.1, 0.15) is 5.75 Å². The van der Waals surface area contributed by atoms with E-state index in [1.807, 2.05) is 0 Å². The number of nitrogens with zero attached hydrogens (tertiary/aromatic N) is 2. The number of sulfone groups is 1. The van der Waals surface area contributed by atoms with Crippen molar-refractivity contribution in [3.05, 3.63) is 41.0 Å². The Morgan fingerprint density at radius 1 is 1.30 bits per heavy atom. The van der Waals surface area contributed by atoms with Gasteiger partial charge in [-0.05, 0) is 31.0 Å². The van der Waals surface area contributed by atoms with Crippen LogP contribution in [0.4, 0.5) is 0 Å². The molecule has 1 heterocycles. The summed E-state index contributed by atoms with van der Waals surface area (Å²) in [5, 5.41) is 12.5. The fourth-order valence-electron chi connectivity index (χ4n) is 1.90. The first-order valence-electron chi connectivity index (χ1n) is 5.64. The number of aromatic nitrogens is 2. The van der Waals surface area contributed by atoms with Gasteiger partial charge in [-0.3, -0.25) is 0 Å². The van der Waals surface area contributed by atoms with Gasteiger partial charge in [0.05, 0.1) is 10.5 Å². The summed E-state index contributed by atoms with van der Waals surface area (Å²) in [6.45, 7) is 3.23. The number of carboxylic acid groups (broad SMARTS) is 1. The van der Waals surface area contributed by atoms with Crippen LogP contribution in [0.25, 0.3) is 0 Å². The molecule has 0 fully saturated rings. The Morgan fingerprint density at radius 3 is 2.55 bits per heavy atom. The number of hydrogen-bond donors (Lipinski definition) is 1. The van der Waals surface area contributed by atoms with E-state index in [9.17, 15) is 13.2 Å². The predicted octanol–water partition coefficient (Wildman–Crippen LogP) is 1.36. The van der Waals surface area contributed by atoms with Gasteiger partial charge in [-0.25, -0.2) is 13.2 Å². The molecule has 0 unspecified atom stereocenters. The van der Waals surface area contributed by atoms with Gasteiger partial charge >= 0.3 is 5.97 Å². The third-order valence-corrected chi connectivity index (χ3v) is 4.56. The summed E-state index contributed by atoms with van der Waals surface area (Å²) < 4.78 is 29.1. The highest BCUT2D eigenvalue weighted by molar-refractivity contribution is 7.90. The van der Waals surface area contributed by atoms with E-state index in [0.717, 1.165) is 6.39 Å². The summed E-state index contributed by atoms with van der Waals surface area (Å²) in [6.07, 6.45) is 1.04. The molecule has 0 bridgehead atoms. The number of carboxylic acids is 1. The standard InChI is InChI=1S/C12H12N2O5S/c1-7-3-8(2)10(4-9(7)12(15)16)20(17,18)5-11-13-6-19-14-11/h3-4,6H,5H2,1-2H3,(H,15,16). The zero-order valence-electron chi connectivity index (χ0n) is 10.8. The average Bonchev–Trinajstić information content (AvgIpc) is 2.79. The molecule has 1 N–H and O–H groups in total. The van der Waals surface area contributed by atoms with Crippen molar-refractivity contribution in [1.29, 1.82) is 0 Å². The number of aryl methyl sites for hydroxylation is 2. The average molecular weight is 296 g/mol. The fraction of sp³-hybridized carbons (Fsp3) is 0.250. The van der Waals surface area contributed by atoms with Crippen molar-refractivity contribution in [3.8, 4) is 0 Å². The molecule has 0 saturated heterocycles. The van der Waals surface area contributed by atoms with E-state index in [0.29, 0.717) is 11.1 Å². The quantitative estimate of drug-likeness (QED) is 0.906. The van der Waals surface area contributed by atoms with E-state index in [1.165, 1.54) is 12.1 Å². The molecule has 0 aliphatic heterocycles. The number of aromatic carboxylic acids is 1. The molecule has 20 heavy (non-hydrogen) atoms. The van der Waals surface area contributed by atoms with Gasteiger partial charge in [-0.2, -0.15) is 4.98 Å². The van der Waals surface area contributed by atoms with Gasteiger partial charge in [0.15, 0.2) is 15.7 Å². The summed E-state index contributed by atoms with van der Waals surface area (Å²) in [6, 6.07) is 2.70. The summed E-state index contributed by atoms with van der Waals surface area (Å²) in [7, 11) is -3.74. The normalized spacial score (nSPS) is 11.5. The monoisotopic (exact) mass is 296 g/mol. The molecular formula is C12H12N2O5S. The van der Waals surface area contributed by atoms with Crippen LogP contribution < -0.4 is 0 Å². The van der Waals surface area contributed by atoms with Crippen molar-refractivity contribution in [3.63, 3.8) is 0 Å². The van der Waals surface area contributed by atoms with Crippen LogP contribution in [0.3, 0.4) is 0 Å². The van der Waals surface area contributed by atoms with Crippen molar-refractivity contribution >= 4 is 15.8 Å². The van der Waals surface area contributed by atoms with E-state index >= 15 is 0 Å². The van der Waals surface area contributed by atoms with Crippen LogP contribution in [0, 0.1) is 13.8 Å². The Kier molecular flexibility index (Phi) is 3.58. The third-order valence-electron chi connectivity index (χ3n) is 2.81. The second-order valence-electron chi connectivity index (χ2n) is 4.34. The molecular weight excluding hydrogens is 284 g/mol. The molecule has 106 valence electrons. The molecule has 8 heteroatoms. The first-order chi connectivity index (χ1) is 9.31. The van der Waals surface area contributed by atoms with Crippen LogP contribution >= 0.6 is 0 Å². The molecule has 2 aromatic rings. The Balaban J connectivity index is 2.51. The fourth-order valence-corrected chi connectivity index (χ4v) is 3.37. The van der Waals surface area contributed by atoms with Crippen molar-refractivity contribution in [1.82, 2.24) is 10.1 Å². The first-order valence-corrected chi connectivity index (χ1v) is 7.29. The van der Waals surface area contributed by atoms with E-state index in [2.05, 4.69) is 14.7 Å². The summed E-state index contributed by atoms with van der Waals surface area (Å²) >= 11 is 0. The zero-order valence-corrected chi connectivity index (χ0v) is 11.6. The second kappa shape index (κ2) is 5.04. The van der Waals surface area contributed by atoms with Crippen LogP contribution in [-0.4, -0.2) is 29.6 Å². The molecule has 0 atom stereocenters. The molecule has 2 rings (SSSR count). The van der Waals surface area contributed by atoms with Gasteiger partial charge in [-0.1, -0.05) is 11.2 Å². The second-order valence-corrected chi connectivity index (χ2v) is 6.30. The lowest BCUT2D eigenvalue weighted by Gasteiger charge is -2.09. The lowest BCUT2D eigenvalue weighted by Crippen LogP contribution is -2.11. The SMILES string of the molecule is Cc1cc(C)c(S(=O)(=O)Cc2ncon2)cc1C(=O)O. The largest absolute Gasteiger partial charge is 0.478 e. The number of carbonyl (C=O) groups is 1. The molecule has 0 spiro atoms. The van der Waals surface area contributed by atoms with Crippen LogP contribution in [0.2, 0.25) is 0 Å². The van der Waals surface area contributed by atoms with Crippen molar-refractivity contribution < 1.29 is 22.8 Å². The molecule has 7 nitrogen and oxygen atoms in total. The predicted molar refractivity (Wildman–Crippen MR) is 68.1 cm³/mol. The Morgan fingerprint density at radius 2 is 2.00 bits per heavy atom. The zero-order chi connectivity index (χ0) is 14.9. The van der Waals surface area contributed by atoms with Gasteiger partial charge in [0.2, 0.25) is 6.39 Å². The maximum absolute atomic E-state index is 12.3. The minimum Gasteiger partial charge on any atom is -0.478 e. The Bertz CT molecular complexity index is 750. The minimum atomic E-state index is -3.74. The van der Waals surface area contributed by atoms with Crippen LogP contribution in [0.5, 0.6) is 0 Å². The molecule has 0 amide bonds. The number of benzene rings is 1. The van der Waals surface area contributed by atoms with Gasteiger partial charge in [-0.15, -0.1) is 0 Å². The highest BCUT2D eigenvalue weighted by Gasteiger charge is 2.23. The van der Waals surface area contributed by atoms with Crippen LogP contribution in [-0.2, 0) is 15.6 Å². The lowest BCUT2D eigenvalue weighted by atomic mass is 10.1.